The number of rotatable bonds is 2. The Labute approximate surface area is 109 Å². The maximum absolute atomic E-state index is 10.6. The van der Waals surface area contributed by atoms with E-state index in [1.165, 1.54) is 6.42 Å². The minimum atomic E-state index is -0.662. The molecular weight excluding hydrogens is 222 g/mol. The quantitative estimate of drug-likeness (QED) is 0.859. The summed E-state index contributed by atoms with van der Waals surface area (Å²) in [4.78, 5) is 0. The molecular formula is C16H21NO. The van der Waals surface area contributed by atoms with Crippen molar-refractivity contribution in [2.45, 2.75) is 45.6 Å². The first-order valence-corrected chi connectivity index (χ1v) is 6.73. The number of hydrogen-bond acceptors (Lipinski definition) is 2. The Morgan fingerprint density at radius 3 is 2.89 bits per heavy atom. The van der Waals surface area contributed by atoms with Gasteiger partial charge in [0.15, 0.2) is 0 Å². The van der Waals surface area contributed by atoms with E-state index in [2.05, 4.69) is 13.0 Å². The van der Waals surface area contributed by atoms with Crippen molar-refractivity contribution in [3.05, 3.63) is 35.4 Å². The molecule has 1 saturated carbocycles. The van der Waals surface area contributed by atoms with Gasteiger partial charge in [0.05, 0.1) is 17.6 Å². The zero-order chi connectivity index (χ0) is 13.2. The van der Waals surface area contributed by atoms with Gasteiger partial charge < -0.3 is 5.11 Å². The van der Waals surface area contributed by atoms with Crippen LogP contribution in [0, 0.1) is 29.6 Å². The molecule has 1 fully saturated rings. The van der Waals surface area contributed by atoms with Crippen LogP contribution < -0.4 is 0 Å². The lowest BCUT2D eigenvalue weighted by Gasteiger charge is -2.38. The third-order valence-corrected chi connectivity index (χ3v) is 4.14. The molecule has 3 atom stereocenters. The Hall–Kier alpha value is -1.33. The van der Waals surface area contributed by atoms with Gasteiger partial charge in [0.1, 0.15) is 0 Å². The summed E-state index contributed by atoms with van der Waals surface area (Å²) in [6.07, 6.45) is 3.16. The Morgan fingerprint density at radius 1 is 1.50 bits per heavy atom. The predicted octanol–water partition coefficient (Wildman–Crippen LogP) is 3.75. The van der Waals surface area contributed by atoms with Gasteiger partial charge in [0, 0.05) is 0 Å². The van der Waals surface area contributed by atoms with Crippen molar-refractivity contribution in [1.82, 2.24) is 0 Å². The number of aryl methyl sites for hydroxylation is 1. The number of aliphatic hydroxyl groups is 1. The molecule has 0 saturated heterocycles. The lowest BCUT2D eigenvalue weighted by atomic mass is 9.66. The zero-order valence-electron chi connectivity index (χ0n) is 11.2. The zero-order valence-corrected chi connectivity index (χ0v) is 11.2. The smallest absolute Gasteiger partial charge is 0.0976 e. The molecule has 2 nitrogen and oxygen atoms in total. The fourth-order valence-electron chi connectivity index (χ4n) is 3.16. The van der Waals surface area contributed by atoms with Crippen LogP contribution in [0.25, 0.3) is 0 Å². The number of nitriles is 1. The normalized spacial score (nSPS) is 29.6. The van der Waals surface area contributed by atoms with Crippen molar-refractivity contribution >= 4 is 0 Å². The highest BCUT2D eigenvalue weighted by Gasteiger charge is 2.42. The van der Waals surface area contributed by atoms with Gasteiger partial charge in [-0.15, -0.1) is 0 Å². The van der Waals surface area contributed by atoms with Gasteiger partial charge in [0.2, 0.25) is 0 Å². The maximum Gasteiger partial charge on any atom is 0.0976 e. The summed E-state index contributed by atoms with van der Waals surface area (Å²) in [7, 11) is 0. The summed E-state index contributed by atoms with van der Waals surface area (Å²) < 4.78 is 0. The van der Waals surface area contributed by atoms with Gasteiger partial charge in [-0.05, 0) is 31.2 Å². The molecule has 0 spiro atoms. The molecule has 1 aromatic rings. The van der Waals surface area contributed by atoms with Crippen LogP contribution in [0.5, 0.6) is 0 Å². The van der Waals surface area contributed by atoms with E-state index in [4.69, 9.17) is 0 Å². The first-order valence-electron chi connectivity index (χ1n) is 6.73. The lowest BCUT2D eigenvalue weighted by Crippen LogP contribution is -2.32. The first kappa shape index (κ1) is 13.1. The summed E-state index contributed by atoms with van der Waals surface area (Å²) >= 11 is 0. The van der Waals surface area contributed by atoms with Gasteiger partial charge in [-0.25, -0.2) is 0 Å². The second-order valence-corrected chi connectivity index (χ2v) is 5.79. The number of nitrogens with zero attached hydrogens (tertiary/aromatic N) is 1. The summed E-state index contributed by atoms with van der Waals surface area (Å²) in [5, 5.41) is 20.2. The van der Waals surface area contributed by atoms with Crippen molar-refractivity contribution in [2.75, 3.05) is 0 Å². The van der Waals surface area contributed by atoms with Crippen molar-refractivity contribution < 1.29 is 5.11 Å². The summed E-state index contributed by atoms with van der Waals surface area (Å²) in [5.41, 5.74) is 1.42. The van der Waals surface area contributed by atoms with Crippen LogP contribution in [0.3, 0.4) is 0 Å². The molecule has 3 unspecified atom stereocenters. The molecule has 0 heterocycles. The lowest BCUT2D eigenvalue weighted by molar-refractivity contribution is 0.0219. The average molecular weight is 243 g/mol. The Morgan fingerprint density at radius 2 is 2.28 bits per heavy atom. The molecule has 1 aliphatic carbocycles. The SMILES string of the molecule is Cc1cccc(C(O)C2(C#N)CCCC(C)C2)c1. The minimum absolute atomic E-state index is 0.526. The Balaban J connectivity index is 2.30. The van der Waals surface area contributed by atoms with Crippen LogP contribution in [0.4, 0.5) is 0 Å². The van der Waals surface area contributed by atoms with E-state index in [1.54, 1.807) is 0 Å². The van der Waals surface area contributed by atoms with E-state index in [0.717, 1.165) is 30.4 Å². The van der Waals surface area contributed by atoms with Crippen LogP contribution in [0.2, 0.25) is 0 Å². The Bertz CT molecular complexity index is 462. The van der Waals surface area contributed by atoms with Gasteiger partial charge in [-0.3, -0.25) is 0 Å². The van der Waals surface area contributed by atoms with Crippen LogP contribution in [-0.2, 0) is 0 Å². The third-order valence-electron chi connectivity index (χ3n) is 4.14. The molecule has 18 heavy (non-hydrogen) atoms. The number of aliphatic hydroxyl groups excluding tert-OH is 1. The van der Waals surface area contributed by atoms with Crippen LogP contribution >= 0.6 is 0 Å². The van der Waals surface area contributed by atoms with E-state index >= 15 is 0 Å². The first-order chi connectivity index (χ1) is 8.57. The molecule has 96 valence electrons. The highest BCUT2D eigenvalue weighted by Crippen LogP contribution is 2.47. The maximum atomic E-state index is 10.6. The highest BCUT2D eigenvalue weighted by atomic mass is 16.3. The van der Waals surface area contributed by atoms with Crippen LogP contribution in [0.1, 0.15) is 49.8 Å². The van der Waals surface area contributed by atoms with Crippen molar-refractivity contribution in [3.63, 3.8) is 0 Å². The summed E-state index contributed by atoms with van der Waals surface area (Å²) in [6.45, 7) is 4.19. The molecule has 0 aliphatic heterocycles. The van der Waals surface area contributed by atoms with Gasteiger partial charge in [0.25, 0.3) is 0 Å². The monoisotopic (exact) mass is 243 g/mol. The molecule has 1 aliphatic rings. The van der Waals surface area contributed by atoms with Gasteiger partial charge >= 0.3 is 0 Å². The summed E-state index contributed by atoms with van der Waals surface area (Å²) in [5.74, 6) is 0.526. The standard InChI is InChI=1S/C16H21NO/c1-12-5-3-7-14(9-12)15(18)16(11-17)8-4-6-13(2)10-16/h3,5,7,9,13,15,18H,4,6,8,10H2,1-2H3. The second-order valence-electron chi connectivity index (χ2n) is 5.79. The molecule has 2 heteroatoms. The Kier molecular flexibility index (Phi) is 3.73. The van der Waals surface area contributed by atoms with Gasteiger partial charge in [-0.1, -0.05) is 49.6 Å². The molecule has 0 aromatic heterocycles. The van der Waals surface area contributed by atoms with E-state index < -0.39 is 11.5 Å². The predicted molar refractivity (Wildman–Crippen MR) is 71.8 cm³/mol. The topological polar surface area (TPSA) is 44.0 Å². The fourth-order valence-corrected chi connectivity index (χ4v) is 3.16. The van der Waals surface area contributed by atoms with Crippen molar-refractivity contribution in [3.8, 4) is 6.07 Å². The van der Waals surface area contributed by atoms with E-state index in [9.17, 15) is 10.4 Å². The van der Waals surface area contributed by atoms with E-state index in [-0.39, 0.29) is 0 Å². The van der Waals surface area contributed by atoms with Crippen LogP contribution in [0.15, 0.2) is 24.3 Å². The van der Waals surface area contributed by atoms with Gasteiger partial charge in [-0.2, -0.15) is 5.26 Å². The highest BCUT2D eigenvalue weighted by molar-refractivity contribution is 5.27. The molecule has 2 rings (SSSR count). The summed E-state index contributed by atoms with van der Waals surface area (Å²) in [6, 6.07) is 10.3. The fraction of sp³-hybridized carbons (Fsp3) is 0.562. The molecule has 1 N–H and O–H groups in total. The third kappa shape index (κ3) is 2.42. The molecule has 0 amide bonds. The molecule has 0 radical (unpaired) electrons. The van der Waals surface area contributed by atoms with Crippen LogP contribution in [-0.4, -0.2) is 5.11 Å². The van der Waals surface area contributed by atoms with E-state index in [0.29, 0.717) is 5.92 Å². The average Bonchev–Trinajstić information content (AvgIpc) is 2.37. The molecule has 1 aromatic carbocycles. The largest absolute Gasteiger partial charge is 0.387 e. The minimum Gasteiger partial charge on any atom is -0.387 e. The number of hydrogen-bond donors (Lipinski definition) is 1. The molecule has 0 bridgehead atoms. The van der Waals surface area contributed by atoms with E-state index in [1.807, 2.05) is 31.2 Å². The number of benzene rings is 1. The second kappa shape index (κ2) is 5.12. The van der Waals surface area contributed by atoms with Crippen molar-refractivity contribution in [1.29, 1.82) is 5.26 Å². The van der Waals surface area contributed by atoms with Crippen molar-refractivity contribution in [2.24, 2.45) is 11.3 Å².